The van der Waals surface area contributed by atoms with Crippen molar-refractivity contribution in [2.24, 2.45) is 16.5 Å². The smallest absolute Gasteiger partial charge is 0.346 e. The summed E-state index contributed by atoms with van der Waals surface area (Å²) in [4.78, 5) is 43.6. The average molecular weight is 526 g/mol. The monoisotopic (exact) mass is 525 g/mol. The highest BCUT2D eigenvalue weighted by Gasteiger charge is 2.75. The normalized spacial score (nSPS) is 31.6. The van der Waals surface area contributed by atoms with Gasteiger partial charge in [0.1, 0.15) is 18.1 Å². The molecule has 2 fully saturated rings. The second kappa shape index (κ2) is 8.67. The molecule has 38 heavy (non-hydrogen) atoms. The molecule has 202 valence electrons. The van der Waals surface area contributed by atoms with E-state index in [2.05, 4.69) is 20.9 Å². The molecule has 1 aromatic carbocycles. The third-order valence-electron chi connectivity index (χ3n) is 8.60. The van der Waals surface area contributed by atoms with Gasteiger partial charge in [0.2, 0.25) is 23.3 Å². The van der Waals surface area contributed by atoms with Crippen molar-refractivity contribution in [3.63, 3.8) is 0 Å². The van der Waals surface area contributed by atoms with Crippen molar-refractivity contribution in [1.29, 1.82) is 0 Å². The number of rotatable bonds is 4. The molecule has 0 saturated carbocycles. The lowest BCUT2D eigenvalue weighted by molar-refractivity contribution is -0.623. The van der Waals surface area contributed by atoms with Crippen LogP contribution >= 0.6 is 0 Å². The first-order valence-corrected chi connectivity index (χ1v) is 13.1. The molecular formula is C25H33N8O5+. The molecule has 9 N–H and O–H groups in total. The average Bonchev–Trinajstić information content (AvgIpc) is 3.37. The number of nitrogens with two attached hydrogens (primary N) is 2. The molecule has 0 radical (unpaired) electrons. The highest BCUT2D eigenvalue weighted by molar-refractivity contribution is 6.02. The van der Waals surface area contributed by atoms with Gasteiger partial charge in [-0.05, 0) is 42.9 Å². The van der Waals surface area contributed by atoms with Crippen LogP contribution in [-0.2, 0) is 22.4 Å². The molecule has 13 heteroatoms. The van der Waals surface area contributed by atoms with Crippen molar-refractivity contribution in [3.05, 3.63) is 34.9 Å². The maximum atomic E-state index is 13.5. The van der Waals surface area contributed by atoms with E-state index in [1.54, 1.807) is 6.07 Å². The number of nitrogens with zero attached hydrogens (tertiary/aromatic N) is 3. The Morgan fingerprint density at radius 1 is 1.13 bits per heavy atom. The number of benzene rings is 1. The quantitative estimate of drug-likeness (QED) is 0.0938. The van der Waals surface area contributed by atoms with Crippen LogP contribution < -0.4 is 27.4 Å². The van der Waals surface area contributed by atoms with Crippen LogP contribution in [-0.4, -0.2) is 92.0 Å². The zero-order chi connectivity index (χ0) is 26.8. The maximum absolute atomic E-state index is 13.5. The van der Waals surface area contributed by atoms with Gasteiger partial charge in [0.25, 0.3) is 5.91 Å². The molecule has 13 nitrogen and oxygen atoms in total. The number of likely N-dealkylation sites (tertiary alicyclic amines) is 1. The molecule has 5 aliphatic rings. The molecule has 1 aromatic rings. The second-order valence-corrected chi connectivity index (χ2v) is 10.8. The van der Waals surface area contributed by atoms with Gasteiger partial charge in [-0.3, -0.25) is 30.3 Å². The van der Waals surface area contributed by atoms with E-state index >= 15 is 0 Å². The Kier molecular flexibility index (Phi) is 5.61. The lowest BCUT2D eigenvalue weighted by atomic mass is 9.85. The Bertz CT molecular complexity index is 1280. The number of aryl methyl sites for hydroxylation is 1. The van der Waals surface area contributed by atoms with E-state index in [-0.39, 0.29) is 49.7 Å². The predicted molar refractivity (Wildman–Crippen MR) is 135 cm³/mol. The largest absolute Gasteiger partial charge is 0.370 e. The van der Waals surface area contributed by atoms with Crippen molar-refractivity contribution in [3.8, 4) is 0 Å². The van der Waals surface area contributed by atoms with Gasteiger partial charge < -0.3 is 26.6 Å². The molecular weight excluding hydrogens is 492 g/mol. The number of imide groups is 1. The fourth-order valence-electron chi connectivity index (χ4n) is 6.74. The number of guanidine groups is 2. The molecule has 0 bridgehead atoms. The van der Waals surface area contributed by atoms with Crippen LogP contribution in [0, 0.1) is 0 Å². The van der Waals surface area contributed by atoms with Crippen LogP contribution in [0.15, 0.2) is 23.2 Å². The molecule has 1 aliphatic carbocycles. The first-order valence-electron chi connectivity index (χ1n) is 13.1. The van der Waals surface area contributed by atoms with Crippen LogP contribution in [0.5, 0.6) is 0 Å². The molecule has 1 unspecified atom stereocenters. The highest BCUT2D eigenvalue weighted by Crippen LogP contribution is 2.42. The SMILES string of the molecule is NC1=N[C@H]2[C@H](CN3C(=O)CCC3=O)NC(N)=[N+]3CC(NC(=O)c4cccc5c4CCCCC5)C(O)(O)[C@]23N1. The molecule has 4 aliphatic heterocycles. The number of nitrogens with one attached hydrogen (secondary N) is 3. The van der Waals surface area contributed by atoms with E-state index in [9.17, 15) is 24.6 Å². The van der Waals surface area contributed by atoms with Crippen LogP contribution in [0.25, 0.3) is 0 Å². The summed E-state index contributed by atoms with van der Waals surface area (Å²) in [6.07, 6.45) is 5.10. The van der Waals surface area contributed by atoms with E-state index in [4.69, 9.17) is 11.5 Å². The van der Waals surface area contributed by atoms with Crippen molar-refractivity contribution in [2.75, 3.05) is 13.1 Å². The van der Waals surface area contributed by atoms with Crippen molar-refractivity contribution in [1.82, 2.24) is 20.9 Å². The summed E-state index contributed by atoms with van der Waals surface area (Å²) in [5.74, 6) is -3.57. The zero-order valence-electron chi connectivity index (χ0n) is 20.9. The summed E-state index contributed by atoms with van der Waals surface area (Å²) >= 11 is 0. The van der Waals surface area contributed by atoms with Crippen LogP contribution in [0.2, 0.25) is 0 Å². The third-order valence-corrected chi connectivity index (χ3v) is 8.60. The highest BCUT2D eigenvalue weighted by atomic mass is 16.5. The lowest BCUT2D eigenvalue weighted by Crippen LogP contribution is -2.79. The van der Waals surface area contributed by atoms with Crippen molar-refractivity contribution >= 4 is 29.6 Å². The minimum Gasteiger partial charge on any atom is -0.370 e. The number of carbonyl (C=O) groups excluding carboxylic acids is 3. The van der Waals surface area contributed by atoms with Crippen LogP contribution in [0.4, 0.5) is 0 Å². The molecule has 6 rings (SSSR count). The molecule has 1 spiro atoms. The van der Waals surface area contributed by atoms with E-state index in [0.717, 1.165) is 48.1 Å². The van der Waals surface area contributed by atoms with Gasteiger partial charge in [0.05, 0.1) is 13.1 Å². The minimum absolute atomic E-state index is 0.0478. The number of aliphatic imine (C=N–C) groups is 1. The topological polar surface area (TPSA) is 198 Å². The Labute approximate surface area is 218 Å². The fraction of sp³-hybridized carbons (Fsp3) is 0.560. The number of fused-ring (bicyclic) bond motifs is 1. The third kappa shape index (κ3) is 3.48. The summed E-state index contributed by atoms with van der Waals surface area (Å²) < 4.78 is 1.50. The van der Waals surface area contributed by atoms with E-state index in [1.807, 2.05) is 12.1 Å². The van der Waals surface area contributed by atoms with E-state index < -0.39 is 35.5 Å². The van der Waals surface area contributed by atoms with Crippen molar-refractivity contribution in [2.45, 2.75) is 74.5 Å². The van der Waals surface area contributed by atoms with Gasteiger partial charge in [-0.2, -0.15) is 0 Å². The predicted octanol–water partition coefficient (Wildman–Crippen LogP) is -2.82. The maximum Gasteiger partial charge on any atom is 0.346 e. The summed E-state index contributed by atoms with van der Waals surface area (Å²) in [5.41, 5.74) is 13.3. The summed E-state index contributed by atoms with van der Waals surface area (Å²) in [6.45, 7) is -0.118. The van der Waals surface area contributed by atoms with Crippen LogP contribution in [0.1, 0.15) is 53.6 Å². The Morgan fingerprint density at radius 2 is 1.87 bits per heavy atom. The lowest BCUT2D eigenvalue weighted by Gasteiger charge is -2.44. The van der Waals surface area contributed by atoms with Gasteiger partial charge in [-0.1, -0.05) is 18.6 Å². The number of amides is 3. The summed E-state index contributed by atoms with van der Waals surface area (Å²) in [6, 6.07) is 2.80. The first-order chi connectivity index (χ1) is 18.1. The van der Waals surface area contributed by atoms with Crippen LogP contribution in [0.3, 0.4) is 0 Å². The second-order valence-electron chi connectivity index (χ2n) is 10.8. The zero-order valence-corrected chi connectivity index (χ0v) is 20.9. The van der Waals surface area contributed by atoms with Gasteiger partial charge in [-0.15, -0.1) is 0 Å². The van der Waals surface area contributed by atoms with Gasteiger partial charge in [0, 0.05) is 18.4 Å². The molecule has 4 atom stereocenters. The van der Waals surface area contributed by atoms with E-state index in [0.29, 0.717) is 5.56 Å². The summed E-state index contributed by atoms with van der Waals surface area (Å²) in [7, 11) is 0. The van der Waals surface area contributed by atoms with Gasteiger partial charge >= 0.3 is 5.96 Å². The molecule has 3 amide bonds. The molecule has 0 aromatic heterocycles. The molecule has 4 heterocycles. The first kappa shape index (κ1) is 24.6. The van der Waals surface area contributed by atoms with Gasteiger partial charge in [-0.25, -0.2) is 9.57 Å². The number of carbonyl (C=O) groups is 3. The Balaban J connectivity index is 1.31. The number of hydrogen-bond donors (Lipinski definition) is 7. The molecule has 2 saturated heterocycles. The van der Waals surface area contributed by atoms with Gasteiger partial charge in [0.15, 0.2) is 5.96 Å². The standard InChI is InChI=1S/C25H32N8O5/c26-22-30-20-16(11-32-18(34)9-10-19(32)35)28-23(27)33-12-17(25(37,38)24(20,33)31-22)29-21(36)15-8-4-6-13-5-2-1-3-7-14(13)15/h4,6,8,16-17,20,37-38H,1-3,5,7,9-12H2,(H6,26,27,28,29,30,31,36)/p+1/t16-,17?,20-,24-/m0/s1. The van der Waals surface area contributed by atoms with Crippen molar-refractivity contribution < 1.29 is 29.2 Å². The Hall–Kier alpha value is -3.71. The Morgan fingerprint density at radius 3 is 2.63 bits per heavy atom. The summed E-state index contributed by atoms with van der Waals surface area (Å²) in [5, 5.41) is 32.1. The minimum atomic E-state index is -2.58. The fourth-order valence-corrected chi connectivity index (χ4v) is 6.74. The number of hydrogen-bond acceptors (Lipinski definition) is 10. The number of aliphatic hydroxyl groups is 2. The van der Waals surface area contributed by atoms with E-state index in [1.165, 1.54) is 4.58 Å².